The molecule has 6 heteroatoms. The molecule has 0 aliphatic carbocycles. The maximum Gasteiger partial charge on any atom is 0.230 e. The second-order valence-corrected chi connectivity index (χ2v) is 5.82. The number of nitrogens with one attached hydrogen (secondary N) is 1. The van der Waals surface area contributed by atoms with Crippen LogP contribution in [0.4, 0.5) is 0 Å². The van der Waals surface area contributed by atoms with Crippen molar-refractivity contribution in [2.45, 2.75) is 46.0 Å². The number of hydrogen-bond donors (Lipinski definition) is 2. The van der Waals surface area contributed by atoms with Crippen molar-refractivity contribution in [2.24, 2.45) is 17.1 Å². The molecule has 128 valence electrons. The predicted molar refractivity (Wildman–Crippen MR) is 94.4 cm³/mol. The van der Waals surface area contributed by atoms with Crippen LogP contribution < -0.4 is 11.1 Å². The molecule has 1 aliphatic rings. The average Bonchev–Trinajstić information content (AvgIpc) is 2.48. The van der Waals surface area contributed by atoms with Gasteiger partial charge in [0.1, 0.15) is 0 Å². The largest absolute Gasteiger partial charge is 0.342 e. The minimum Gasteiger partial charge on any atom is -0.342 e. The first-order chi connectivity index (χ1) is 9.13. The third-order valence-electron chi connectivity index (χ3n) is 4.90. The molecule has 1 heterocycles. The summed E-state index contributed by atoms with van der Waals surface area (Å²) in [6.07, 6.45) is 5.20. The van der Waals surface area contributed by atoms with E-state index >= 15 is 0 Å². The maximum atomic E-state index is 12.7. The summed E-state index contributed by atoms with van der Waals surface area (Å²) in [6.45, 7) is 7.53. The number of carbonyl (C=O) groups excluding carboxylic acids is 1. The van der Waals surface area contributed by atoms with E-state index < -0.39 is 0 Å². The van der Waals surface area contributed by atoms with Crippen molar-refractivity contribution in [2.75, 3.05) is 33.2 Å². The van der Waals surface area contributed by atoms with Gasteiger partial charge in [-0.25, -0.2) is 0 Å². The highest BCUT2D eigenvalue weighted by Gasteiger charge is 2.37. The number of carbonyl (C=O) groups is 1. The second kappa shape index (κ2) is 11.5. The molecule has 0 unspecified atom stereocenters. The monoisotopic (exact) mass is 341 g/mol. The molecule has 4 nitrogen and oxygen atoms in total. The molecule has 0 bridgehead atoms. The van der Waals surface area contributed by atoms with Gasteiger partial charge in [-0.05, 0) is 51.6 Å². The normalized spacial score (nSPS) is 16.1. The van der Waals surface area contributed by atoms with Crippen LogP contribution >= 0.6 is 24.8 Å². The first kappa shape index (κ1) is 23.2. The van der Waals surface area contributed by atoms with Crippen LogP contribution in [0.3, 0.4) is 0 Å². The van der Waals surface area contributed by atoms with E-state index in [9.17, 15) is 4.79 Å². The number of halogens is 2. The van der Waals surface area contributed by atoms with Crippen molar-refractivity contribution in [3.05, 3.63) is 0 Å². The Kier molecular flexibility index (Phi) is 12.8. The van der Waals surface area contributed by atoms with Crippen molar-refractivity contribution in [1.29, 1.82) is 0 Å². The maximum absolute atomic E-state index is 12.7. The van der Waals surface area contributed by atoms with Gasteiger partial charge in [-0.1, -0.05) is 13.8 Å². The SMILES string of the molecule is CCC(CC)(CN)C(=O)N1CCC(CCNC)CC1.Cl.Cl. The highest BCUT2D eigenvalue weighted by Crippen LogP contribution is 2.30. The van der Waals surface area contributed by atoms with Crippen molar-refractivity contribution < 1.29 is 4.79 Å². The molecule has 3 N–H and O–H groups in total. The van der Waals surface area contributed by atoms with Crippen LogP contribution in [0.15, 0.2) is 0 Å². The third-order valence-corrected chi connectivity index (χ3v) is 4.90. The van der Waals surface area contributed by atoms with Crippen LogP contribution in [0.5, 0.6) is 0 Å². The van der Waals surface area contributed by atoms with E-state index in [0.717, 1.165) is 51.2 Å². The van der Waals surface area contributed by atoms with Gasteiger partial charge in [0.25, 0.3) is 0 Å². The molecule has 0 spiro atoms. The average molecular weight is 342 g/mol. The predicted octanol–water partition coefficient (Wildman–Crippen LogP) is 2.44. The zero-order valence-corrected chi connectivity index (χ0v) is 15.3. The van der Waals surface area contributed by atoms with Gasteiger partial charge >= 0.3 is 0 Å². The molecule has 0 atom stereocenters. The molecule has 21 heavy (non-hydrogen) atoms. The molecule has 1 amide bonds. The van der Waals surface area contributed by atoms with Crippen molar-refractivity contribution in [3.8, 4) is 0 Å². The lowest BCUT2D eigenvalue weighted by molar-refractivity contribution is -0.143. The molecular formula is C15H33Cl2N3O. The summed E-state index contributed by atoms with van der Waals surface area (Å²) in [4.78, 5) is 14.7. The van der Waals surface area contributed by atoms with E-state index in [1.165, 1.54) is 6.42 Å². The molecule has 1 fully saturated rings. The van der Waals surface area contributed by atoms with E-state index in [1.54, 1.807) is 0 Å². The molecule has 1 saturated heterocycles. The standard InChI is InChI=1S/C15H31N3O.2ClH/c1-4-15(5-2,12-16)14(19)18-10-7-13(8-11-18)6-9-17-3;;/h13,17H,4-12,16H2,1-3H3;2*1H. The van der Waals surface area contributed by atoms with Crippen molar-refractivity contribution in [1.82, 2.24) is 10.2 Å². The second-order valence-electron chi connectivity index (χ2n) is 5.82. The molecular weight excluding hydrogens is 309 g/mol. The van der Waals surface area contributed by atoms with Crippen LogP contribution in [0.25, 0.3) is 0 Å². The molecule has 1 aliphatic heterocycles. The lowest BCUT2D eigenvalue weighted by atomic mass is 9.80. The van der Waals surface area contributed by atoms with E-state index in [-0.39, 0.29) is 36.1 Å². The van der Waals surface area contributed by atoms with Gasteiger partial charge in [-0.2, -0.15) is 0 Å². The Morgan fingerprint density at radius 1 is 1.24 bits per heavy atom. The first-order valence-electron chi connectivity index (χ1n) is 7.77. The van der Waals surface area contributed by atoms with Gasteiger partial charge in [-0.3, -0.25) is 4.79 Å². The topological polar surface area (TPSA) is 58.4 Å². The summed E-state index contributed by atoms with van der Waals surface area (Å²) < 4.78 is 0. The Morgan fingerprint density at radius 3 is 2.14 bits per heavy atom. The summed E-state index contributed by atoms with van der Waals surface area (Å²) in [7, 11) is 2.00. The molecule has 0 saturated carbocycles. The molecule has 0 aromatic carbocycles. The number of piperidine rings is 1. The van der Waals surface area contributed by atoms with Crippen LogP contribution in [0.2, 0.25) is 0 Å². The summed E-state index contributed by atoms with van der Waals surface area (Å²) in [5, 5.41) is 3.20. The van der Waals surface area contributed by atoms with E-state index in [1.807, 2.05) is 7.05 Å². The number of nitrogens with two attached hydrogens (primary N) is 1. The minimum atomic E-state index is -0.322. The van der Waals surface area contributed by atoms with Gasteiger partial charge in [0.2, 0.25) is 5.91 Å². The van der Waals surface area contributed by atoms with Gasteiger partial charge in [-0.15, -0.1) is 24.8 Å². The Balaban J connectivity index is 0. The fraction of sp³-hybridized carbons (Fsp3) is 0.933. The number of amides is 1. The van der Waals surface area contributed by atoms with Crippen LogP contribution in [0, 0.1) is 11.3 Å². The highest BCUT2D eigenvalue weighted by molar-refractivity contribution is 5.85. The number of likely N-dealkylation sites (tertiary alicyclic amines) is 1. The van der Waals surface area contributed by atoms with E-state index in [4.69, 9.17) is 5.73 Å². The lowest BCUT2D eigenvalue weighted by Crippen LogP contribution is -2.50. The zero-order valence-electron chi connectivity index (χ0n) is 13.7. The van der Waals surface area contributed by atoms with E-state index in [2.05, 4.69) is 24.1 Å². The Bertz CT molecular complexity index is 270. The number of nitrogens with zero attached hydrogens (tertiary/aromatic N) is 1. The third kappa shape index (κ3) is 5.93. The summed E-state index contributed by atoms with van der Waals surface area (Å²) >= 11 is 0. The summed E-state index contributed by atoms with van der Waals surface area (Å²) in [6, 6.07) is 0. The van der Waals surface area contributed by atoms with Crippen LogP contribution in [-0.2, 0) is 4.79 Å². The number of hydrogen-bond acceptors (Lipinski definition) is 3. The molecule has 1 rings (SSSR count). The van der Waals surface area contributed by atoms with Crippen LogP contribution in [-0.4, -0.2) is 44.0 Å². The Labute approximate surface area is 142 Å². The first-order valence-corrected chi connectivity index (χ1v) is 7.77. The van der Waals surface area contributed by atoms with Gasteiger partial charge in [0.15, 0.2) is 0 Å². The molecule has 0 aromatic heterocycles. The molecule has 0 radical (unpaired) electrons. The summed E-state index contributed by atoms with van der Waals surface area (Å²) in [5.74, 6) is 1.05. The number of rotatable bonds is 7. The Morgan fingerprint density at radius 2 is 1.76 bits per heavy atom. The fourth-order valence-electron chi connectivity index (χ4n) is 3.04. The lowest BCUT2D eigenvalue weighted by Gasteiger charge is -2.39. The quantitative estimate of drug-likeness (QED) is 0.747. The summed E-state index contributed by atoms with van der Waals surface area (Å²) in [5.41, 5.74) is 5.55. The fourth-order valence-corrected chi connectivity index (χ4v) is 3.04. The van der Waals surface area contributed by atoms with Gasteiger partial charge in [0.05, 0.1) is 5.41 Å². The van der Waals surface area contributed by atoms with Gasteiger partial charge < -0.3 is 16.0 Å². The highest BCUT2D eigenvalue weighted by atomic mass is 35.5. The Hall–Kier alpha value is -0.0300. The smallest absolute Gasteiger partial charge is 0.230 e. The van der Waals surface area contributed by atoms with E-state index in [0.29, 0.717) is 6.54 Å². The minimum absolute atomic E-state index is 0. The van der Waals surface area contributed by atoms with Gasteiger partial charge in [0, 0.05) is 19.6 Å². The van der Waals surface area contributed by atoms with Crippen molar-refractivity contribution >= 4 is 30.7 Å². The van der Waals surface area contributed by atoms with Crippen molar-refractivity contribution in [3.63, 3.8) is 0 Å². The zero-order chi connectivity index (χ0) is 14.3. The van der Waals surface area contributed by atoms with Crippen LogP contribution in [0.1, 0.15) is 46.0 Å². The molecule has 0 aromatic rings.